The Hall–Kier alpha value is -2.15. The number of hydrogen-bond donors (Lipinski definition) is 2. The Bertz CT molecular complexity index is 794. The van der Waals surface area contributed by atoms with Crippen molar-refractivity contribution in [1.29, 1.82) is 0 Å². The van der Waals surface area contributed by atoms with E-state index >= 15 is 0 Å². The monoisotopic (exact) mass is 333 g/mol. The van der Waals surface area contributed by atoms with Crippen molar-refractivity contribution >= 4 is 23.5 Å². The number of H-pyrrole nitrogens is 1. The van der Waals surface area contributed by atoms with Crippen molar-refractivity contribution in [2.45, 2.75) is 25.1 Å². The number of aromatic amines is 1. The van der Waals surface area contributed by atoms with Gasteiger partial charge < -0.3 is 10.1 Å². The van der Waals surface area contributed by atoms with Crippen LogP contribution in [0.4, 0.5) is 5.82 Å². The second kappa shape index (κ2) is 6.16. The Morgan fingerprint density at radius 3 is 2.74 bits per heavy atom. The van der Waals surface area contributed by atoms with Crippen LogP contribution < -0.4 is 15.6 Å². The molecule has 122 valence electrons. The first kappa shape index (κ1) is 15.7. The summed E-state index contributed by atoms with van der Waals surface area (Å²) in [5.74, 6) is 1.44. The molecule has 0 radical (unpaired) electrons. The van der Waals surface area contributed by atoms with Crippen LogP contribution in [0, 0.1) is 0 Å². The van der Waals surface area contributed by atoms with Gasteiger partial charge in [-0.3, -0.25) is 19.4 Å². The number of fused-ring (bicyclic) bond motifs is 1. The number of carbonyl (C=O) groups excluding carboxylic acids is 1. The smallest absolute Gasteiger partial charge is 0.270 e. The molecule has 2 N–H and O–H groups in total. The van der Waals surface area contributed by atoms with Gasteiger partial charge >= 0.3 is 0 Å². The largest absolute Gasteiger partial charge is 0.496 e. The van der Waals surface area contributed by atoms with Crippen LogP contribution in [0.15, 0.2) is 29.1 Å². The molecule has 1 atom stereocenters. The summed E-state index contributed by atoms with van der Waals surface area (Å²) in [7, 11) is 1.61. The minimum absolute atomic E-state index is 0.0353. The number of anilines is 1. The van der Waals surface area contributed by atoms with Crippen LogP contribution in [0.2, 0.25) is 0 Å². The second-order valence-corrected chi connectivity index (χ2v) is 6.74. The number of nitrogens with zero attached hydrogens (tertiary/aromatic N) is 1. The van der Waals surface area contributed by atoms with E-state index in [1.54, 1.807) is 11.8 Å². The lowest BCUT2D eigenvalue weighted by Crippen LogP contribution is -2.17. The van der Waals surface area contributed by atoms with Crippen LogP contribution in [0.1, 0.15) is 36.3 Å². The summed E-state index contributed by atoms with van der Waals surface area (Å²) in [4.78, 5) is 24.6. The molecule has 0 spiro atoms. The number of benzene rings is 1. The lowest BCUT2D eigenvalue weighted by Gasteiger charge is -2.17. The molecule has 3 rings (SSSR count). The highest BCUT2D eigenvalue weighted by molar-refractivity contribution is 8.00. The van der Waals surface area contributed by atoms with Crippen molar-refractivity contribution in [2.75, 3.05) is 18.2 Å². The fourth-order valence-corrected chi connectivity index (χ4v) is 3.91. The molecule has 2 heterocycles. The molecular formula is C16H19N3O3S. The Balaban J connectivity index is 2.21. The number of nitrogens with one attached hydrogen (secondary N) is 2. The maximum Gasteiger partial charge on any atom is 0.270 e. The SMILES string of the molecule is COc1ccccc1[C@H]1SCC(=O)Nc2c1c(=O)[nH]n2C(C)C. The molecule has 2 aromatic rings. The van der Waals surface area contributed by atoms with Gasteiger partial charge in [0.25, 0.3) is 5.56 Å². The molecule has 1 aromatic carbocycles. The molecule has 0 saturated heterocycles. The van der Waals surface area contributed by atoms with Crippen LogP contribution in [0.3, 0.4) is 0 Å². The zero-order chi connectivity index (χ0) is 16.6. The summed E-state index contributed by atoms with van der Waals surface area (Å²) < 4.78 is 7.15. The molecular weight excluding hydrogens is 314 g/mol. The van der Waals surface area contributed by atoms with E-state index < -0.39 is 0 Å². The number of para-hydroxylation sites is 1. The molecule has 6 nitrogen and oxygen atoms in total. The normalized spacial score (nSPS) is 17.6. The van der Waals surface area contributed by atoms with E-state index in [9.17, 15) is 9.59 Å². The predicted octanol–water partition coefficient (Wildman–Crippen LogP) is 2.54. The summed E-state index contributed by atoms with van der Waals surface area (Å²) in [6.07, 6.45) is 0. The van der Waals surface area contributed by atoms with Crippen LogP contribution in [-0.2, 0) is 4.79 Å². The third-order valence-corrected chi connectivity index (χ3v) is 5.05. The van der Waals surface area contributed by atoms with Crippen LogP contribution in [0.25, 0.3) is 0 Å². The second-order valence-electron chi connectivity index (χ2n) is 5.65. The van der Waals surface area contributed by atoms with Gasteiger partial charge in [0.15, 0.2) is 0 Å². The van der Waals surface area contributed by atoms with Crippen molar-refractivity contribution in [3.8, 4) is 5.75 Å². The maximum absolute atomic E-state index is 12.6. The number of carbonyl (C=O) groups is 1. The first-order valence-corrected chi connectivity index (χ1v) is 8.46. The summed E-state index contributed by atoms with van der Waals surface area (Å²) >= 11 is 1.43. The molecule has 0 saturated carbocycles. The van der Waals surface area contributed by atoms with Gasteiger partial charge in [-0.25, -0.2) is 0 Å². The van der Waals surface area contributed by atoms with Crippen LogP contribution in [0.5, 0.6) is 5.75 Å². The van der Waals surface area contributed by atoms with Gasteiger partial charge in [-0.1, -0.05) is 18.2 Å². The van der Waals surface area contributed by atoms with Gasteiger partial charge in [-0.05, 0) is 19.9 Å². The lowest BCUT2D eigenvalue weighted by atomic mass is 10.1. The van der Waals surface area contributed by atoms with E-state index in [-0.39, 0.29) is 28.5 Å². The first-order valence-electron chi connectivity index (χ1n) is 7.41. The average molecular weight is 333 g/mol. The zero-order valence-corrected chi connectivity index (χ0v) is 14.1. The Morgan fingerprint density at radius 2 is 2.04 bits per heavy atom. The molecule has 7 heteroatoms. The highest BCUT2D eigenvalue weighted by atomic mass is 32.2. The van der Waals surface area contributed by atoms with E-state index in [2.05, 4.69) is 10.4 Å². The number of methoxy groups -OCH3 is 1. The van der Waals surface area contributed by atoms with Gasteiger partial charge in [0, 0.05) is 11.6 Å². The summed E-state index contributed by atoms with van der Waals surface area (Å²) in [5, 5.41) is 5.43. The molecule has 0 unspecified atom stereocenters. The van der Waals surface area contributed by atoms with E-state index in [0.29, 0.717) is 17.1 Å². The molecule has 1 amide bonds. The third kappa shape index (κ3) is 2.76. The third-order valence-electron chi connectivity index (χ3n) is 3.80. The Labute approximate surface area is 138 Å². The summed E-state index contributed by atoms with van der Waals surface area (Å²) in [6.45, 7) is 3.91. The minimum Gasteiger partial charge on any atom is -0.496 e. The van der Waals surface area contributed by atoms with Gasteiger partial charge in [-0.15, -0.1) is 11.8 Å². The van der Waals surface area contributed by atoms with Crippen molar-refractivity contribution in [2.24, 2.45) is 0 Å². The number of aromatic nitrogens is 2. The number of thioether (sulfide) groups is 1. The number of hydrogen-bond acceptors (Lipinski definition) is 4. The fourth-order valence-electron chi connectivity index (χ4n) is 2.76. The van der Waals surface area contributed by atoms with Crippen LogP contribution in [-0.4, -0.2) is 28.6 Å². The zero-order valence-electron chi connectivity index (χ0n) is 13.3. The highest BCUT2D eigenvalue weighted by Gasteiger charge is 2.32. The molecule has 0 bridgehead atoms. The molecule has 1 aliphatic heterocycles. The summed E-state index contributed by atoms with van der Waals surface area (Å²) in [5.41, 5.74) is 1.28. The van der Waals surface area contributed by atoms with E-state index in [1.807, 2.05) is 38.1 Å². The van der Waals surface area contributed by atoms with E-state index in [1.165, 1.54) is 11.8 Å². The quantitative estimate of drug-likeness (QED) is 0.905. The molecule has 0 fully saturated rings. The van der Waals surface area contributed by atoms with E-state index in [0.717, 1.165) is 5.56 Å². The van der Waals surface area contributed by atoms with Gasteiger partial charge in [0.05, 0.1) is 23.7 Å². The predicted molar refractivity (Wildman–Crippen MR) is 91.4 cm³/mol. The summed E-state index contributed by atoms with van der Waals surface area (Å²) in [6, 6.07) is 7.63. The van der Waals surface area contributed by atoms with Crippen molar-refractivity contribution in [3.63, 3.8) is 0 Å². The van der Waals surface area contributed by atoms with Crippen molar-refractivity contribution in [1.82, 2.24) is 9.78 Å². The standard InChI is InChI=1S/C16H19N3O3S/c1-9(2)19-15-13(16(21)18-19)14(23-8-12(20)17-15)10-6-4-5-7-11(10)22-3/h4-7,9,14H,8H2,1-3H3,(H,17,20)(H,18,21)/t14-/m1/s1. The molecule has 0 aliphatic carbocycles. The maximum atomic E-state index is 12.6. The molecule has 1 aromatic heterocycles. The number of rotatable bonds is 3. The minimum atomic E-state index is -0.260. The Morgan fingerprint density at radius 1 is 1.30 bits per heavy atom. The van der Waals surface area contributed by atoms with Crippen molar-refractivity contribution in [3.05, 3.63) is 45.7 Å². The number of ether oxygens (including phenoxy) is 1. The van der Waals surface area contributed by atoms with Gasteiger partial charge in [0.1, 0.15) is 11.6 Å². The van der Waals surface area contributed by atoms with Crippen molar-refractivity contribution < 1.29 is 9.53 Å². The lowest BCUT2D eigenvalue weighted by molar-refractivity contribution is -0.113. The average Bonchev–Trinajstić information content (AvgIpc) is 2.75. The topological polar surface area (TPSA) is 76.1 Å². The van der Waals surface area contributed by atoms with E-state index in [4.69, 9.17) is 4.74 Å². The Kier molecular flexibility index (Phi) is 4.21. The molecule has 23 heavy (non-hydrogen) atoms. The number of amides is 1. The molecule has 1 aliphatic rings. The highest BCUT2D eigenvalue weighted by Crippen LogP contribution is 2.43. The first-order chi connectivity index (χ1) is 11.0. The fraction of sp³-hybridized carbons (Fsp3) is 0.375. The van der Waals surface area contributed by atoms with Gasteiger partial charge in [0.2, 0.25) is 5.91 Å². The van der Waals surface area contributed by atoms with Crippen LogP contribution >= 0.6 is 11.8 Å². The van der Waals surface area contributed by atoms with Gasteiger partial charge in [-0.2, -0.15) is 0 Å².